The van der Waals surface area contributed by atoms with Gasteiger partial charge in [0.15, 0.2) is 0 Å². The van der Waals surface area contributed by atoms with Gasteiger partial charge in [0.2, 0.25) is 5.90 Å². The summed E-state index contributed by atoms with van der Waals surface area (Å²) in [6, 6.07) is 0. The second-order valence-corrected chi connectivity index (χ2v) is 0.739. The summed E-state index contributed by atoms with van der Waals surface area (Å²) >= 11 is 0. The van der Waals surface area contributed by atoms with Crippen LogP contribution < -0.4 is 0 Å². The molecule has 0 saturated carbocycles. The van der Waals surface area contributed by atoms with Crippen LogP contribution >= 0.6 is 0 Å². The minimum absolute atomic E-state index is 0.0648. The minimum Gasteiger partial charge on any atom is -0.325 e. The fraction of sp³-hybridized carbons (Fsp3) is 0.500. The summed E-state index contributed by atoms with van der Waals surface area (Å²) in [7, 11) is 0. The van der Waals surface area contributed by atoms with Gasteiger partial charge in [0.1, 0.15) is 0 Å². The molecule has 0 amide bonds. The first-order valence-corrected chi connectivity index (χ1v) is 1.36. The van der Waals surface area contributed by atoms with Crippen molar-refractivity contribution in [3.63, 3.8) is 0 Å². The van der Waals surface area contributed by atoms with E-state index in [2.05, 4.69) is 10.1 Å². The quantitative estimate of drug-likeness (QED) is 0.212. The van der Waals surface area contributed by atoms with Crippen LogP contribution in [-0.4, -0.2) is 5.90 Å². The van der Waals surface area contributed by atoms with Crippen molar-refractivity contribution in [3.8, 4) is 0 Å². The van der Waals surface area contributed by atoms with Crippen LogP contribution in [0.2, 0.25) is 0 Å². The molecule has 0 bridgehead atoms. The maximum absolute atomic E-state index is 6.46. The zero-order valence-electron chi connectivity index (χ0n) is 3.36. The van der Waals surface area contributed by atoms with E-state index in [1.807, 2.05) is 0 Å². The lowest BCUT2D eigenvalue weighted by atomic mass is 10.8. The number of nitrogens with zero attached hydrogens (tertiary/aromatic N) is 1. The van der Waals surface area contributed by atoms with Crippen LogP contribution in [-0.2, 0) is 4.84 Å². The Balaban J connectivity index is 3.05. The van der Waals surface area contributed by atoms with Gasteiger partial charge >= 0.3 is 0 Å². The van der Waals surface area contributed by atoms with Gasteiger partial charge in [-0.25, -0.2) is 0 Å². The SMILES string of the molecule is CC(=N)ON=N. The Kier molecular flexibility index (Phi) is 1.96. The number of hydrogen-bond donors (Lipinski definition) is 2. The molecule has 4 nitrogen and oxygen atoms in total. The second-order valence-electron chi connectivity index (χ2n) is 0.739. The fourth-order valence-electron chi connectivity index (χ4n) is 0.0685. The lowest BCUT2D eigenvalue weighted by molar-refractivity contribution is 0.280. The minimum atomic E-state index is -0.0648. The summed E-state index contributed by atoms with van der Waals surface area (Å²) in [6.45, 7) is 1.40. The standard InChI is InChI=1S/C2H5N3O/c1-2(3)6-5-4/h3-4H,1H3. The van der Waals surface area contributed by atoms with Gasteiger partial charge in [0.25, 0.3) is 0 Å². The van der Waals surface area contributed by atoms with Crippen molar-refractivity contribution < 1.29 is 4.84 Å². The van der Waals surface area contributed by atoms with Crippen LogP contribution in [0.3, 0.4) is 0 Å². The molecule has 0 aliphatic rings. The molecule has 2 N–H and O–H groups in total. The summed E-state index contributed by atoms with van der Waals surface area (Å²) < 4.78 is 0. The third kappa shape index (κ3) is 3.07. The maximum atomic E-state index is 6.46. The van der Waals surface area contributed by atoms with E-state index >= 15 is 0 Å². The van der Waals surface area contributed by atoms with E-state index in [0.29, 0.717) is 0 Å². The second kappa shape index (κ2) is 2.32. The molecule has 0 aliphatic carbocycles. The molecule has 4 heteroatoms. The van der Waals surface area contributed by atoms with E-state index in [1.54, 1.807) is 0 Å². The van der Waals surface area contributed by atoms with E-state index in [9.17, 15) is 0 Å². The molecule has 0 aliphatic heterocycles. The Morgan fingerprint density at radius 3 is 2.33 bits per heavy atom. The van der Waals surface area contributed by atoms with Crippen LogP contribution in [0, 0.1) is 10.9 Å². The normalized spacial score (nSPS) is 6.83. The van der Waals surface area contributed by atoms with Gasteiger partial charge in [-0.1, -0.05) is 0 Å². The molecule has 6 heavy (non-hydrogen) atoms. The van der Waals surface area contributed by atoms with Gasteiger partial charge in [-0.2, -0.15) is 5.53 Å². The first kappa shape index (κ1) is 5.07. The highest BCUT2D eigenvalue weighted by Crippen LogP contribution is 1.71. The van der Waals surface area contributed by atoms with E-state index in [0.717, 1.165) is 0 Å². The summed E-state index contributed by atoms with van der Waals surface area (Å²) in [5.41, 5.74) is 6.00. The molecule has 0 fully saturated rings. The van der Waals surface area contributed by atoms with Crippen molar-refractivity contribution in [2.75, 3.05) is 0 Å². The smallest absolute Gasteiger partial charge is 0.216 e. The summed E-state index contributed by atoms with van der Waals surface area (Å²) in [5.74, 6) is -0.0648. The Morgan fingerprint density at radius 2 is 2.33 bits per heavy atom. The van der Waals surface area contributed by atoms with E-state index in [1.165, 1.54) is 6.92 Å². The fourth-order valence-corrected chi connectivity index (χ4v) is 0.0685. The molecule has 34 valence electrons. The largest absolute Gasteiger partial charge is 0.325 e. The lowest BCUT2D eigenvalue weighted by Gasteiger charge is -1.82. The van der Waals surface area contributed by atoms with Crippen LogP contribution in [0.5, 0.6) is 0 Å². The van der Waals surface area contributed by atoms with Crippen molar-refractivity contribution in [3.05, 3.63) is 0 Å². The first-order chi connectivity index (χ1) is 2.77. The molecule has 0 saturated heterocycles. The zero-order chi connectivity index (χ0) is 4.99. The van der Waals surface area contributed by atoms with Crippen LogP contribution in [0.1, 0.15) is 6.92 Å². The topological polar surface area (TPSA) is 69.3 Å². The van der Waals surface area contributed by atoms with E-state index in [-0.39, 0.29) is 5.90 Å². The average molecular weight is 87.1 g/mol. The zero-order valence-corrected chi connectivity index (χ0v) is 3.36. The predicted octanol–water partition coefficient (Wildman–Crippen LogP) is 0.946. The number of rotatable bonds is 1. The van der Waals surface area contributed by atoms with Crippen LogP contribution in [0.25, 0.3) is 0 Å². The van der Waals surface area contributed by atoms with Crippen molar-refractivity contribution in [1.82, 2.24) is 0 Å². The van der Waals surface area contributed by atoms with E-state index in [4.69, 9.17) is 10.9 Å². The molecule has 0 radical (unpaired) electrons. The average Bonchev–Trinajstić information content (AvgIpc) is 1.35. The molecule has 0 unspecified atom stereocenters. The van der Waals surface area contributed by atoms with Gasteiger partial charge in [0, 0.05) is 12.2 Å². The molecule has 0 atom stereocenters. The first-order valence-electron chi connectivity index (χ1n) is 1.36. The van der Waals surface area contributed by atoms with Gasteiger partial charge < -0.3 is 4.84 Å². The van der Waals surface area contributed by atoms with Crippen LogP contribution in [0.4, 0.5) is 0 Å². The van der Waals surface area contributed by atoms with Crippen molar-refractivity contribution >= 4 is 5.90 Å². The van der Waals surface area contributed by atoms with E-state index < -0.39 is 0 Å². The highest BCUT2D eigenvalue weighted by molar-refractivity contribution is 5.68. The van der Waals surface area contributed by atoms with Gasteiger partial charge in [-0.15, -0.1) is 0 Å². The molecule has 0 aromatic heterocycles. The Hall–Kier alpha value is -0.930. The van der Waals surface area contributed by atoms with Gasteiger partial charge in [-0.3, -0.25) is 5.41 Å². The maximum Gasteiger partial charge on any atom is 0.216 e. The third-order valence-corrected chi connectivity index (χ3v) is 0.183. The highest BCUT2D eigenvalue weighted by Gasteiger charge is 1.76. The highest BCUT2D eigenvalue weighted by atomic mass is 16.6. The van der Waals surface area contributed by atoms with Crippen molar-refractivity contribution in [1.29, 1.82) is 10.9 Å². The number of nitrogens with one attached hydrogen (secondary N) is 2. The molecule has 0 heterocycles. The molecule has 0 aromatic rings. The molecular weight excluding hydrogens is 82.0 g/mol. The van der Waals surface area contributed by atoms with Crippen molar-refractivity contribution in [2.24, 2.45) is 5.28 Å². The molecule has 0 aromatic carbocycles. The Morgan fingerprint density at radius 1 is 1.83 bits per heavy atom. The monoisotopic (exact) mass is 87.0 g/mol. The van der Waals surface area contributed by atoms with Gasteiger partial charge in [0.05, 0.1) is 0 Å². The molecule has 0 rings (SSSR count). The van der Waals surface area contributed by atoms with Gasteiger partial charge in [-0.05, 0) is 0 Å². The lowest BCUT2D eigenvalue weighted by Crippen LogP contribution is -1.85. The summed E-state index contributed by atoms with van der Waals surface area (Å²) in [5, 5.41) is 8.92. The predicted molar refractivity (Wildman–Crippen MR) is 19.6 cm³/mol. The molecule has 0 spiro atoms. The Bertz CT molecular complexity index is 69.2. The van der Waals surface area contributed by atoms with Crippen molar-refractivity contribution in [2.45, 2.75) is 6.92 Å². The molecular formula is C2H5N3O. The summed E-state index contributed by atoms with van der Waals surface area (Å²) in [6.07, 6.45) is 0. The summed E-state index contributed by atoms with van der Waals surface area (Å²) in [4.78, 5) is 3.92. The van der Waals surface area contributed by atoms with Crippen LogP contribution in [0.15, 0.2) is 5.28 Å². The Labute approximate surface area is 35.1 Å². The third-order valence-electron chi connectivity index (χ3n) is 0.183. The number of hydrogen-bond acceptors (Lipinski definition) is 4.